The summed E-state index contributed by atoms with van der Waals surface area (Å²) in [5, 5.41) is 0. The predicted octanol–water partition coefficient (Wildman–Crippen LogP) is 4.62. The lowest BCUT2D eigenvalue weighted by Gasteiger charge is -2.18. The van der Waals surface area contributed by atoms with Crippen LogP contribution in [0.2, 0.25) is 0 Å². The highest BCUT2D eigenvalue weighted by Crippen LogP contribution is 2.26. The maximum Gasteiger partial charge on any atom is -0.0230 e. The van der Waals surface area contributed by atoms with Crippen LogP contribution >= 0.6 is 0 Å². The molecule has 0 heterocycles. The van der Waals surface area contributed by atoms with E-state index >= 15 is 0 Å². The van der Waals surface area contributed by atoms with Gasteiger partial charge in [-0.1, -0.05) is 43.1 Å². The van der Waals surface area contributed by atoms with E-state index in [4.69, 9.17) is 0 Å². The first-order chi connectivity index (χ1) is 6.95. The Morgan fingerprint density at radius 2 is 1.86 bits per heavy atom. The summed E-state index contributed by atoms with van der Waals surface area (Å²) in [6.07, 6.45) is 20.0. The molecule has 78 valence electrons. The molecule has 0 aliphatic heterocycles. The van der Waals surface area contributed by atoms with Crippen molar-refractivity contribution in [1.82, 2.24) is 0 Å². The highest BCUT2D eigenvalue weighted by molar-refractivity contribution is 5.20. The standard InChI is InChI=1S/C14H22/c1-3-7-13(8-4-1)11-12-14-9-5-2-6-10-14/h7,11-12,14H,1-6,8-10H2/b12-11+. The van der Waals surface area contributed by atoms with Crippen molar-refractivity contribution in [2.75, 3.05) is 0 Å². The van der Waals surface area contributed by atoms with E-state index in [1.807, 2.05) is 0 Å². The Morgan fingerprint density at radius 3 is 2.57 bits per heavy atom. The molecule has 14 heavy (non-hydrogen) atoms. The van der Waals surface area contributed by atoms with Crippen LogP contribution in [0.15, 0.2) is 23.8 Å². The van der Waals surface area contributed by atoms with E-state index in [0.717, 1.165) is 5.92 Å². The molecule has 0 bridgehead atoms. The Balaban J connectivity index is 1.82. The van der Waals surface area contributed by atoms with Crippen molar-refractivity contribution in [2.24, 2.45) is 5.92 Å². The van der Waals surface area contributed by atoms with Gasteiger partial charge < -0.3 is 0 Å². The molecule has 0 heteroatoms. The Kier molecular flexibility index (Phi) is 3.85. The first-order valence-electron chi connectivity index (χ1n) is 6.32. The van der Waals surface area contributed by atoms with Crippen LogP contribution in [0.1, 0.15) is 57.8 Å². The van der Waals surface area contributed by atoms with Crippen LogP contribution in [-0.4, -0.2) is 0 Å². The van der Waals surface area contributed by atoms with Gasteiger partial charge in [-0.05, 0) is 44.4 Å². The lowest BCUT2D eigenvalue weighted by atomic mass is 9.88. The van der Waals surface area contributed by atoms with Crippen LogP contribution in [0, 0.1) is 5.92 Å². The Morgan fingerprint density at radius 1 is 1.00 bits per heavy atom. The molecule has 1 fully saturated rings. The zero-order valence-electron chi connectivity index (χ0n) is 9.17. The third-order valence-corrected chi connectivity index (χ3v) is 3.56. The molecule has 1 saturated carbocycles. The van der Waals surface area contributed by atoms with Gasteiger partial charge in [0.2, 0.25) is 0 Å². The van der Waals surface area contributed by atoms with Crippen LogP contribution in [-0.2, 0) is 0 Å². The summed E-state index contributed by atoms with van der Waals surface area (Å²) in [4.78, 5) is 0. The van der Waals surface area contributed by atoms with E-state index in [2.05, 4.69) is 18.2 Å². The summed E-state index contributed by atoms with van der Waals surface area (Å²) in [5.74, 6) is 0.895. The zero-order chi connectivity index (χ0) is 9.64. The van der Waals surface area contributed by atoms with Gasteiger partial charge >= 0.3 is 0 Å². The van der Waals surface area contributed by atoms with Crippen molar-refractivity contribution in [3.63, 3.8) is 0 Å². The average molecular weight is 190 g/mol. The molecule has 0 amide bonds. The monoisotopic (exact) mass is 190 g/mol. The third kappa shape index (κ3) is 3.01. The number of allylic oxidation sites excluding steroid dienone is 4. The molecule has 0 N–H and O–H groups in total. The molecule has 0 unspecified atom stereocenters. The fraction of sp³-hybridized carbons (Fsp3) is 0.714. The van der Waals surface area contributed by atoms with E-state index in [9.17, 15) is 0 Å². The molecule has 0 atom stereocenters. The van der Waals surface area contributed by atoms with Crippen LogP contribution in [0.25, 0.3) is 0 Å². The lowest BCUT2D eigenvalue weighted by molar-refractivity contribution is 0.419. The molecule has 0 aromatic carbocycles. The minimum Gasteiger partial charge on any atom is -0.0813 e. The molecule has 0 aromatic heterocycles. The van der Waals surface area contributed by atoms with Gasteiger partial charge in [0.25, 0.3) is 0 Å². The van der Waals surface area contributed by atoms with E-state index in [-0.39, 0.29) is 0 Å². The van der Waals surface area contributed by atoms with Crippen LogP contribution in [0.4, 0.5) is 0 Å². The normalized spacial score (nSPS) is 25.3. The summed E-state index contributed by atoms with van der Waals surface area (Å²) in [6, 6.07) is 0. The van der Waals surface area contributed by atoms with Gasteiger partial charge in [0, 0.05) is 0 Å². The van der Waals surface area contributed by atoms with Crippen molar-refractivity contribution >= 4 is 0 Å². The summed E-state index contributed by atoms with van der Waals surface area (Å²) in [7, 11) is 0. The van der Waals surface area contributed by atoms with Gasteiger partial charge in [0.1, 0.15) is 0 Å². The fourth-order valence-electron chi connectivity index (χ4n) is 2.60. The minimum absolute atomic E-state index is 0.895. The second-order valence-electron chi connectivity index (χ2n) is 4.78. The molecule has 0 aromatic rings. The molecule has 0 nitrogen and oxygen atoms in total. The van der Waals surface area contributed by atoms with E-state index in [1.54, 1.807) is 5.57 Å². The van der Waals surface area contributed by atoms with Crippen molar-refractivity contribution in [1.29, 1.82) is 0 Å². The molecule has 0 saturated heterocycles. The average Bonchev–Trinajstić information content (AvgIpc) is 2.29. The van der Waals surface area contributed by atoms with Crippen LogP contribution < -0.4 is 0 Å². The maximum atomic E-state index is 2.48. The third-order valence-electron chi connectivity index (χ3n) is 3.56. The Labute approximate surface area is 88.1 Å². The van der Waals surface area contributed by atoms with E-state index in [1.165, 1.54) is 57.8 Å². The molecular weight excluding hydrogens is 168 g/mol. The topological polar surface area (TPSA) is 0 Å². The summed E-state index contributed by atoms with van der Waals surface area (Å²) >= 11 is 0. The molecule has 2 aliphatic rings. The lowest BCUT2D eigenvalue weighted by Crippen LogP contribution is -2.02. The predicted molar refractivity (Wildman–Crippen MR) is 62.3 cm³/mol. The largest absolute Gasteiger partial charge is 0.0813 e. The molecule has 0 spiro atoms. The van der Waals surface area contributed by atoms with Crippen LogP contribution in [0.5, 0.6) is 0 Å². The van der Waals surface area contributed by atoms with Gasteiger partial charge in [-0.15, -0.1) is 0 Å². The molecule has 0 radical (unpaired) electrons. The van der Waals surface area contributed by atoms with Crippen LogP contribution in [0.3, 0.4) is 0 Å². The quantitative estimate of drug-likeness (QED) is 0.596. The van der Waals surface area contributed by atoms with Gasteiger partial charge in [-0.25, -0.2) is 0 Å². The van der Waals surface area contributed by atoms with Crippen molar-refractivity contribution in [3.05, 3.63) is 23.8 Å². The second-order valence-corrected chi connectivity index (χ2v) is 4.78. The van der Waals surface area contributed by atoms with E-state index < -0.39 is 0 Å². The highest BCUT2D eigenvalue weighted by atomic mass is 14.2. The second kappa shape index (κ2) is 5.38. The molecular formula is C14H22. The number of hydrogen-bond acceptors (Lipinski definition) is 0. The number of rotatable bonds is 2. The van der Waals surface area contributed by atoms with Gasteiger partial charge in [-0.3, -0.25) is 0 Å². The SMILES string of the molecule is C1=C(/C=C/C2CCCCC2)CCCC1. The fourth-order valence-corrected chi connectivity index (χ4v) is 2.60. The Hall–Kier alpha value is -0.520. The minimum atomic E-state index is 0.895. The Bertz CT molecular complexity index is 216. The van der Waals surface area contributed by atoms with Crippen molar-refractivity contribution in [2.45, 2.75) is 57.8 Å². The van der Waals surface area contributed by atoms with Gasteiger partial charge in [0.15, 0.2) is 0 Å². The van der Waals surface area contributed by atoms with Crippen molar-refractivity contribution in [3.8, 4) is 0 Å². The first-order valence-corrected chi connectivity index (χ1v) is 6.32. The van der Waals surface area contributed by atoms with Gasteiger partial charge in [0.05, 0.1) is 0 Å². The van der Waals surface area contributed by atoms with Crippen molar-refractivity contribution < 1.29 is 0 Å². The van der Waals surface area contributed by atoms with E-state index in [0.29, 0.717) is 0 Å². The first kappa shape index (κ1) is 10.0. The number of hydrogen-bond donors (Lipinski definition) is 0. The summed E-state index contributed by atoms with van der Waals surface area (Å²) in [6.45, 7) is 0. The molecule has 2 aliphatic carbocycles. The maximum absolute atomic E-state index is 2.48. The molecule has 2 rings (SSSR count). The highest BCUT2D eigenvalue weighted by Gasteiger charge is 2.10. The zero-order valence-corrected chi connectivity index (χ0v) is 9.17. The smallest absolute Gasteiger partial charge is 0.0230 e. The summed E-state index contributed by atoms with van der Waals surface area (Å²) in [5.41, 5.74) is 1.60. The van der Waals surface area contributed by atoms with Gasteiger partial charge in [-0.2, -0.15) is 0 Å². The summed E-state index contributed by atoms with van der Waals surface area (Å²) < 4.78 is 0.